The molecule has 1 fully saturated rings. The van der Waals surface area contributed by atoms with Crippen molar-refractivity contribution in [1.82, 2.24) is 4.90 Å². The van der Waals surface area contributed by atoms with Crippen LogP contribution in [0.2, 0.25) is 0 Å². The number of carboxylic acids is 1. The molecule has 0 amide bonds. The number of thiophene rings is 1. The number of halogens is 1. The van der Waals surface area contributed by atoms with E-state index in [-0.39, 0.29) is 18.3 Å². The molecule has 0 radical (unpaired) electrons. The molecule has 1 aliphatic rings. The largest absolute Gasteiger partial charge is 0.481 e. The number of benzene rings is 1. The molecule has 3 nitrogen and oxygen atoms in total. The molecule has 26 heavy (non-hydrogen) atoms. The molecule has 2 heterocycles. The summed E-state index contributed by atoms with van der Waals surface area (Å²) in [5, 5.41) is 11.4. The smallest absolute Gasteiger partial charge is 0.307 e. The van der Waals surface area contributed by atoms with Crippen LogP contribution >= 0.6 is 23.7 Å². The molecular formula is C21H26ClNO2S. The molecule has 1 saturated heterocycles. The highest BCUT2D eigenvalue weighted by atomic mass is 35.5. The zero-order valence-corrected chi connectivity index (χ0v) is 16.7. The van der Waals surface area contributed by atoms with Crippen LogP contribution in [0.25, 0.3) is 5.57 Å². The predicted octanol–water partition coefficient (Wildman–Crippen LogP) is 5.10. The van der Waals surface area contributed by atoms with Gasteiger partial charge in [-0.1, -0.05) is 36.4 Å². The third-order valence-corrected chi connectivity index (χ3v) is 5.89. The predicted molar refractivity (Wildman–Crippen MR) is 111 cm³/mol. The van der Waals surface area contributed by atoms with E-state index in [0.717, 1.165) is 32.4 Å². The van der Waals surface area contributed by atoms with Gasteiger partial charge in [0, 0.05) is 18.0 Å². The van der Waals surface area contributed by atoms with Crippen molar-refractivity contribution in [3.63, 3.8) is 0 Å². The molecule has 140 valence electrons. The van der Waals surface area contributed by atoms with Gasteiger partial charge in [-0.05, 0) is 60.9 Å². The number of carboxylic acid groups (broad SMARTS) is 1. The Hall–Kier alpha value is -1.62. The summed E-state index contributed by atoms with van der Waals surface area (Å²) in [7, 11) is 0. The maximum atomic E-state index is 11.2. The Morgan fingerprint density at radius 2 is 2.08 bits per heavy atom. The van der Waals surface area contributed by atoms with Crippen LogP contribution < -0.4 is 0 Å². The number of rotatable bonds is 6. The minimum Gasteiger partial charge on any atom is -0.481 e. The fourth-order valence-electron chi connectivity index (χ4n) is 3.46. The zero-order valence-electron chi connectivity index (χ0n) is 15.1. The van der Waals surface area contributed by atoms with E-state index in [0.29, 0.717) is 6.54 Å². The van der Waals surface area contributed by atoms with E-state index in [4.69, 9.17) is 0 Å². The SMILES string of the molecule is Cc1ccsc1/C(=C/CCN1CCCC(C(=O)O)C1)c1ccccc1.Cl. The standard InChI is InChI=1S/C21H25NO2S.ClH/c1-16-11-14-25-20(16)19(17-7-3-2-4-8-17)10-6-13-22-12-5-9-18(15-22)21(23)24;/h2-4,7-8,10-11,14,18H,5-6,9,12-13,15H2,1H3,(H,23,24);1H/b19-10+;. The molecule has 1 unspecified atom stereocenters. The molecule has 1 aromatic heterocycles. The van der Waals surface area contributed by atoms with Crippen molar-refractivity contribution in [2.45, 2.75) is 26.2 Å². The summed E-state index contributed by atoms with van der Waals surface area (Å²) >= 11 is 1.78. The van der Waals surface area contributed by atoms with Gasteiger partial charge < -0.3 is 10.0 Å². The molecule has 1 N–H and O–H groups in total. The van der Waals surface area contributed by atoms with Crippen molar-refractivity contribution >= 4 is 35.3 Å². The van der Waals surface area contributed by atoms with Crippen molar-refractivity contribution in [2.75, 3.05) is 19.6 Å². The fraction of sp³-hybridized carbons (Fsp3) is 0.381. The molecule has 0 saturated carbocycles. The Morgan fingerprint density at radius 3 is 2.73 bits per heavy atom. The molecule has 1 aromatic carbocycles. The van der Waals surface area contributed by atoms with Crippen LogP contribution in [-0.4, -0.2) is 35.6 Å². The summed E-state index contributed by atoms with van der Waals surface area (Å²) in [6.45, 7) is 4.77. The summed E-state index contributed by atoms with van der Waals surface area (Å²) in [4.78, 5) is 14.8. The van der Waals surface area contributed by atoms with Crippen LogP contribution in [0.3, 0.4) is 0 Å². The van der Waals surface area contributed by atoms with Crippen LogP contribution in [0.5, 0.6) is 0 Å². The van der Waals surface area contributed by atoms with Crippen molar-refractivity contribution in [3.05, 3.63) is 63.9 Å². The maximum Gasteiger partial charge on any atom is 0.307 e. The first kappa shape index (κ1) is 20.7. The minimum atomic E-state index is -0.653. The van der Waals surface area contributed by atoms with Crippen LogP contribution in [-0.2, 0) is 4.79 Å². The average Bonchev–Trinajstić information content (AvgIpc) is 3.05. The van der Waals surface area contributed by atoms with Crippen molar-refractivity contribution in [3.8, 4) is 0 Å². The lowest BCUT2D eigenvalue weighted by Gasteiger charge is -2.30. The summed E-state index contributed by atoms with van der Waals surface area (Å²) in [6.07, 6.45) is 5.05. The maximum absolute atomic E-state index is 11.2. The number of piperidine rings is 1. The summed E-state index contributed by atoms with van der Waals surface area (Å²) in [5.41, 5.74) is 3.85. The van der Waals surface area contributed by atoms with E-state index >= 15 is 0 Å². The second-order valence-electron chi connectivity index (χ2n) is 6.68. The van der Waals surface area contributed by atoms with Gasteiger partial charge in [-0.25, -0.2) is 0 Å². The van der Waals surface area contributed by atoms with Crippen molar-refractivity contribution < 1.29 is 9.90 Å². The van der Waals surface area contributed by atoms with E-state index < -0.39 is 5.97 Å². The molecule has 1 atom stereocenters. The first-order valence-electron chi connectivity index (χ1n) is 8.90. The Balaban J connectivity index is 0.00000243. The molecule has 0 bridgehead atoms. The lowest BCUT2D eigenvalue weighted by atomic mass is 9.97. The second-order valence-corrected chi connectivity index (χ2v) is 7.60. The number of aryl methyl sites for hydroxylation is 1. The van der Waals surface area contributed by atoms with Crippen LogP contribution in [0, 0.1) is 12.8 Å². The summed E-state index contributed by atoms with van der Waals surface area (Å²) in [5.74, 6) is -0.856. The normalized spacial score (nSPS) is 18.3. The first-order valence-corrected chi connectivity index (χ1v) is 9.78. The Labute approximate surface area is 165 Å². The molecular weight excluding hydrogens is 366 g/mol. The highest BCUT2D eigenvalue weighted by Gasteiger charge is 2.24. The van der Waals surface area contributed by atoms with Gasteiger partial charge in [0.2, 0.25) is 0 Å². The number of carbonyl (C=O) groups is 1. The highest BCUT2D eigenvalue weighted by Crippen LogP contribution is 2.31. The van der Waals surface area contributed by atoms with Gasteiger partial charge in [-0.3, -0.25) is 4.79 Å². The van der Waals surface area contributed by atoms with E-state index in [1.807, 2.05) is 6.07 Å². The van der Waals surface area contributed by atoms with Crippen LogP contribution in [0.4, 0.5) is 0 Å². The van der Waals surface area contributed by atoms with E-state index in [2.05, 4.69) is 53.6 Å². The van der Waals surface area contributed by atoms with Gasteiger partial charge in [0.25, 0.3) is 0 Å². The minimum absolute atomic E-state index is 0. The van der Waals surface area contributed by atoms with Gasteiger partial charge in [0.1, 0.15) is 0 Å². The third kappa shape index (κ3) is 5.19. The van der Waals surface area contributed by atoms with Gasteiger partial charge >= 0.3 is 5.97 Å². The third-order valence-electron chi connectivity index (χ3n) is 4.84. The fourth-order valence-corrected chi connectivity index (χ4v) is 4.45. The first-order chi connectivity index (χ1) is 12.1. The van der Waals surface area contributed by atoms with Gasteiger partial charge in [-0.2, -0.15) is 0 Å². The Kier molecular flexibility index (Phi) is 7.88. The molecule has 3 rings (SSSR count). The van der Waals surface area contributed by atoms with Crippen LogP contribution in [0.15, 0.2) is 47.9 Å². The number of hydrogen-bond donors (Lipinski definition) is 1. The lowest BCUT2D eigenvalue weighted by molar-refractivity contribution is -0.143. The molecule has 1 aliphatic heterocycles. The van der Waals surface area contributed by atoms with Gasteiger partial charge in [0.15, 0.2) is 0 Å². The second kappa shape index (κ2) is 9.91. The van der Waals surface area contributed by atoms with Crippen LogP contribution in [0.1, 0.15) is 35.3 Å². The number of aliphatic carboxylic acids is 1. The molecule has 0 aliphatic carbocycles. The Bertz CT molecular complexity index is 741. The van der Waals surface area contributed by atoms with Gasteiger partial charge in [-0.15, -0.1) is 23.7 Å². The molecule has 0 spiro atoms. The molecule has 5 heteroatoms. The summed E-state index contributed by atoms with van der Waals surface area (Å²) in [6, 6.07) is 12.7. The molecule has 2 aromatic rings. The highest BCUT2D eigenvalue weighted by molar-refractivity contribution is 7.11. The monoisotopic (exact) mass is 391 g/mol. The number of nitrogens with zero attached hydrogens (tertiary/aromatic N) is 1. The van der Waals surface area contributed by atoms with Crippen molar-refractivity contribution in [1.29, 1.82) is 0 Å². The van der Waals surface area contributed by atoms with E-state index in [1.54, 1.807) is 11.3 Å². The Morgan fingerprint density at radius 1 is 1.31 bits per heavy atom. The number of likely N-dealkylation sites (tertiary alicyclic amines) is 1. The lowest BCUT2D eigenvalue weighted by Crippen LogP contribution is -2.39. The number of hydrogen-bond acceptors (Lipinski definition) is 3. The average molecular weight is 392 g/mol. The van der Waals surface area contributed by atoms with Crippen molar-refractivity contribution in [2.24, 2.45) is 5.92 Å². The van der Waals surface area contributed by atoms with E-state index in [9.17, 15) is 9.90 Å². The quantitative estimate of drug-likeness (QED) is 0.744. The summed E-state index contributed by atoms with van der Waals surface area (Å²) < 4.78 is 0. The van der Waals surface area contributed by atoms with E-state index in [1.165, 1.54) is 21.6 Å². The topological polar surface area (TPSA) is 40.5 Å². The van der Waals surface area contributed by atoms with Gasteiger partial charge in [0.05, 0.1) is 5.92 Å². The zero-order chi connectivity index (χ0) is 17.6.